The van der Waals surface area contributed by atoms with Crippen molar-refractivity contribution in [3.8, 4) is 0 Å². The van der Waals surface area contributed by atoms with E-state index in [1.807, 2.05) is 6.07 Å². The molecule has 7 nitrogen and oxygen atoms in total. The Kier molecular flexibility index (Phi) is 4.02. The summed E-state index contributed by atoms with van der Waals surface area (Å²) in [5.74, 6) is 0. The Hall–Kier alpha value is -2.45. The van der Waals surface area contributed by atoms with E-state index in [1.165, 1.54) is 21.3 Å². The normalized spacial score (nSPS) is 13.3. The molecule has 0 unspecified atom stereocenters. The Morgan fingerprint density at radius 1 is 1.12 bits per heavy atom. The predicted molar refractivity (Wildman–Crippen MR) is 91.1 cm³/mol. The molecule has 0 spiro atoms. The number of rotatable bonds is 4. The number of nitrogens with zero attached hydrogens (tertiary/aromatic N) is 3. The summed E-state index contributed by atoms with van der Waals surface area (Å²) >= 11 is 0. The maximum Gasteiger partial charge on any atom is 0.328 e. The molecule has 0 aliphatic rings. The lowest BCUT2D eigenvalue weighted by atomic mass is 10.2. The van der Waals surface area contributed by atoms with Gasteiger partial charge in [-0.05, 0) is 36.8 Å². The van der Waals surface area contributed by atoms with Crippen molar-refractivity contribution in [2.45, 2.75) is 17.9 Å². The Morgan fingerprint density at radius 3 is 2.50 bits per heavy atom. The highest BCUT2D eigenvalue weighted by molar-refractivity contribution is 7.89. The zero-order chi connectivity index (χ0) is 17.5. The third kappa shape index (κ3) is 2.74. The molecule has 0 saturated carbocycles. The van der Waals surface area contributed by atoms with Gasteiger partial charge in [0.15, 0.2) is 0 Å². The fourth-order valence-corrected chi connectivity index (χ4v) is 3.91. The smallest absolute Gasteiger partial charge is 0.295 e. The zero-order valence-electron chi connectivity index (χ0n) is 13.6. The fraction of sp³-hybridized carbons (Fsp3) is 0.250. The SMILES string of the molecule is C[C@H](NS(=O)(=O)c1ccc2c(c1)n(C)c(=O)n2C)c1cccnc1. The third-order valence-electron chi connectivity index (χ3n) is 4.07. The first kappa shape index (κ1) is 16.4. The number of nitrogens with one attached hydrogen (secondary N) is 1. The maximum absolute atomic E-state index is 12.6. The molecule has 0 saturated heterocycles. The standard InChI is InChI=1S/C16H18N4O3S/c1-11(12-5-4-8-17-10-12)18-24(22,23)13-6-7-14-15(9-13)20(3)16(21)19(14)2/h4-11,18H,1-3H3/t11-/m0/s1. The van der Waals surface area contributed by atoms with E-state index in [0.717, 1.165) is 5.56 Å². The van der Waals surface area contributed by atoms with Crippen molar-refractivity contribution in [3.63, 3.8) is 0 Å². The second kappa shape index (κ2) is 5.88. The Labute approximate surface area is 139 Å². The van der Waals surface area contributed by atoms with Crippen LogP contribution in [-0.4, -0.2) is 22.5 Å². The minimum atomic E-state index is -3.72. The van der Waals surface area contributed by atoms with Crippen LogP contribution >= 0.6 is 0 Å². The van der Waals surface area contributed by atoms with Crippen LogP contribution in [0.2, 0.25) is 0 Å². The second-order valence-corrected chi connectivity index (χ2v) is 7.39. The van der Waals surface area contributed by atoms with Gasteiger partial charge in [-0.3, -0.25) is 14.1 Å². The quantitative estimate of drug-likeness (QED) is 0.772. The van der Waals surface area contributed by atoms with Crippen LogP contribution in [0.3, 0.4) is 0 Å². The highest BCUT2D eigenvalue weighted by Gasteiger charge is 2.20. The number of imidazole rings is 1. The summed E-state index contributed by atoms with van der Waals surface area (Å²) in [6.07, 6.45) is 3.26. The van der Waals surface area contributed by atoms with Gasteiger partial charge in [0.25, 0.3) is 0 Å². The van der Waals surface area contributed by atoms with E-state index in [2.05, 4.69) is 9.71 Å². The van der Waals surface area contributed by atoms with Crippen molar-refractivity contribution in [2.24, 2.45) is 14.1 Å². The van der Waals surface area contributed by atoms with Gasteiger partial charge in [0.05, 0.1) is 15.9 Å². The molecule has 0 aliphatic heterocycles. The van der Waals surface area contributed by atoms with Crippen molar-refractivity contribution >= 4 is 21.1 Å². The molecule has 0 radical (unpaired) electrons. The largest absolute Gasteiger partial charge is 0.328 e. The average Bonchev–Trinajstić information content (AvgIpc) is 2.79. The number of hydrogen-bond donors (Lipinski definition) is 1. The molecule has 2 aromatic heterocycles. The van der Waals surface area contributed by atoms with Crippen LogP contribution < -0.4 is 10.4 Å². The zero-order valence-corrected chi connectivity index (χ0v) is 14.4. The van der Waals surface area contributed by atoms with Crippen LogP contribution in [0.1, 0.15) is 18.5 Å². The van der Waals surface area contributed by atoms with Gasteiger partial charge < -0.3 is 0 Å². The van der Waals surface area contributed by atoms with E-state index in [9.17, 15) is 13.2 Å². The van der Waals surface area contributed by atoms with Gasteiger partial charge in [-0.15, -0.1) is 0 Å². The monoisotopic (exact) mass is 346 g/mol. The first-order valence-electron chi connectivity index (χ1n) is 7.39. The van der Waals surface area contributed by atoms with Gasteiger partial charge >= 0.3 is 5.69 Å². The van der Waals surface area contributed by atoms with E-state index >= 15 is 0 Å². The van der Waals surface area contributed by atoms with E-state index in [-0.39, 0.29) is 10.6 Å². The lowest BCUT2D eigenvalue weighted by Crippen LogP contribution is -2.27. The number of aromatic nitrogens is 3. The molecule has 0 bridgehead atoms. The van der Waals surface area contributed by atoms with E-state index in [0.29, 0.717) is 11.0 Å². The predicted octanol–water partition coefficient (Wildman–Crippen LogP) is 1.31. The molecular weight excluding hydrogens is 328 g/mol. The molecule has 2 heterocycles. The highest BCUT2D eigenvalue weighted by Crippen LogP contribution is 2.20. The summed E-state index contributed by atoms with van der Waals surface area (Å²) < 4.78 is 30.8. The Balaban J connectivity index is 1.99. The molecular formula is C16H18N4O3S. The van der Waals surface area contributed by atoms with Crippen molar-refractivity contribution in [3.05, 3.63) is 58.8 Å². The van der Waals surface area contributed by atoms with E-state index < -0.39 is 16.1 Å². The Morgan fingerprint density at radius 2 is 1.83 bits per heavy atom. The first-order chi connectivity index (χ1) is 11.3. The number of pyridine rings is 1. The van der Waals surface area contributed by atoms with Crippen molar-refractivity contribution in [1.82, 2.24) is 18.8 Å². The lowest BCUT2D eigenvalue weighted by molar-refractivity contribution is 0.566. The molecule has 1 aromatic carbocycles. The summed E-state index contributed by atoms with van der Waals surface area (Å²) in [6.45, 7) is 1.76. The van der Waals surface area contributed by atoms with E-state index in [1.54, 1.807) is 45.5 Å². The summed E-state index contributed by atoms with van der Waals surface area (Å²) in [7, 11) is -0.450. The molecule has 8 heteroatoms. The van der Waals surface area contributed by atoms with Crippen LogP contribution in [0.5, 0.6) is 0 Å². The van der Waals surface area contributed by atoms with Gasteiger partial charge in [0.2, 0.25) is 10.0 Å². The van der Waals surface area contributed by atoms with Crippen LogP contribution in [0.15, 0.2) is 52.4 Å². The van der Waals surface area contributed by atoms with Crippen molar-refractivity contribution in [2.75, 3.05) is 0 Å². The molecule has 3 rings (SSSR count). The van der Waals surface area contributed by atoms with Crippen LogP contribution in [0, 0.1) is 0 Å². The first-order valence-corrected chi connectivity index (χ1v) is 8.87. The van der Waals surface area contributed by atoms with E-state index in [4.69, 9.17) is 0 Å². The van der Waals surface area contributed by atoms with Crippen LogP contribution in [0.25, 0.3) is 11.0 Å². The molecule has 3 aromatic rings. The third-order valence-corrected chi connectivity index (χ3v) is 5.61. The van der Waals surface area contributed by atoms with Crippen molar-refractivity contribution < 1.29 is 8.42 Å². The van der Waals surface area contributed by atoms with Gasteiger partial charge in [-0.2, -0.15) is 0 Å². The second-order valence-electron chi connectivity index (χ2n) is 5.68. The number of sulfonamides is 1. The number of benzene rings is 1. The lowest BCUT2D eigenvalue weighted by Gasteiger charge is -2.14. The molecule has 0 amide bonds. The minimum Gasteiger partial charge on any atom is -0.295 e. The molecule has 0 aliphatic carbocycles. The van der Waals surface area contributed by atoms with Gasteiger partial charge in [0.1, 0.15) is 0 Å². The number of aryl methyl sites for hydroxylation is 2. The fourth-order valence-electron chi connectivity index (χ4n) is 2.65. The summed E-state index contributed by atoms with van der Waals surface area (Å²) in [5.41, 5.74) is 1.83. The topological polar surface area (TPSA) is 86.0 Å². The molecule has 24 heavy (non-hydrogen) atoms. The van der Waals surface area contributed by atoms with Gasteiger partial charge in [-0.25, -0.2) is 17.9 Å². The summed E-state index contributed by atoms with van der Waals surface area (Å²) in [6, 6.07) is 7.80. The molecule has 1 N–H and O–H groups in total. The number of fused-ring (bicyclic) bond motifs is 1. The van der Waals surface area contributed by atoms with Gasteiger partial charge in [0, 0.05) is 32.5 Å². The Bertz CT molecular complexity index is 1050. The maximum atomic E-state index is 12.6. The molecule has 1 atom stereocenters. The molecule has 126 valence electrons. The van der Waals surface area contributed by atoms with Gasteiger partial charge in [-0.1, -0.05) is 6.07 Å². The average molecular weight is 346 g/mol. The van der Waals surface area contributed by atoms with Crippen LogP contribution in [-0.2, 0) is 24.1 Å². The minimum absolute atomic E-state index is 0.118. The summed E-state index contributed by atoms with van der Waals surface area (Å²) in [5, 5.41) is 0. The van der Waals surface area contributed by atoms with Crippen LogP contribution in [0.4, 0.5) is 0 Å². The summed E-state index contributed by atoms with van der Waals surface area (Å²) in [4.78, 5) is 16.1. The highest BCUT2D eigenvalue weighted by atomic mass is 32.2. The molecule has 0 fully saturated rings. The van der Waals surface area contributed by atoms with Crippen molar-refractivity contribution in [1.29, 1.82) is 0 Å². The number of hydrogen-bond acceptors (Lipinski definition) is 4.